The molecule has 1 heterocycles. The van der Waals surface area contributed by atoms with Gasteiger partial charge >= 0.3 is 0 Å². The molecule has 1 saturated heterocycles. The van der Waals surface area contributed by atoms with Gasteiger partial charge in [0, 0.05) is 18.7 Å². The van der Waals surface area contributed by atoms with E-state index in [1.807, 2.05) is 0 Å². The number of carbonyl (C=O) groups is 1. The third kappa shape index (κ3) is 3.73. The van der Waals surface area contributed by atoms with Crippen LogP contribution < -0.4 is 10.6 Å². The number of ether oxygens (including phenoxy) is 1. The average Bonchev–Trinajstić information content (AvgIpc) is 2.46. The molecule has 1 amide bonds. The molecule has 0 unspecified atom stereocenters. The lowest BCUT2D eigenvalue weighted by Crippen LogP contribution is -2.51. The Morgan fingerprint density at radius 1 is 1.58 bits per heavy atom. The number of rotatable bonds is 4. The fraction of sp³-hybridized carbons (Fsp3) is 0.462. The molecule has 0 aromatic heterocycles. The molecular weight excluding hydrogens is 251 g/mol. The smallest absolute Gasteiger partial charge is 0.239 e. The van der Waals surface area contributed by atoms with Crippen molar-refractivity contribution in [3.63, 3.8) is 0 Å². The van der Waals surface area contributed by atoms with E-state index in [0.29, 0.717) is 19.8 Å². The first kappa shape index (κ1) is 13.9. The predicted octanol–water partition coefficient (Wildman–Crippen LogP) is -0.0363. The first-order chi connectivity index (χ1) is 9.18. The van der Waals surface area contributed by atoms with Gasteiger partial charge in [0.15, 0.2) is 0 Å². The number of amides is 1. The van der Waals surface area contributed by atoms with E-state index >= 15 is 0 Å². The van der Waals surface area contributed by atoms with Crippen molar-refractivity contribution in [3.05, 3.63) is 35.6 Å². The lowest BCUT2D eigenvalue weighted by atomic mass is 10.1. The van der Waals surface area contributed by atoms with Gasteiger partial charge in [-0.3, -0.25) is 4.79 Å². The molecule has 0 aliphatic carbocycles. The highest BCUT2D eigenvalue weighted by molar-refractivity contribution is 5.82. The zero-order valence-corrected chi connectivity index (χ0v) is 10.4. The molecule has 6 heteroatoms. The lowest BCUT2D eigenvalue weighted by Gasteiger charge is -2.23. The Bertz CT molecular complexity index is 436. The van der Waals surface area contributed by atoms with Gasteiger partial charge in [-0.15, -0.1) is 0 Å². The van der Waals surface area contributed by atoms with Crippen molar-refractivity contribution in [2.75, 3.05) is 26.3 Å². The van der Waals surface area contributed by atoms with Crippen LogP contribution in [0.25, 0.3) is 0 Å². The molecular formula is C13H17FN2O3. The van der Waals surface area contributed by atoms with Crippen LogP contribution in [0.1, 0.15) is 11.7 Å². The van der Waals surface area contributed by atoms with Crippen LogP contribution in [0.15, 0.2) is 24.3 Å². The van der Waals surface area contributed by atoms with Crippen LogP contribution in [0, 0.1) is 5.82 Å². The summed E-state index contributed by atoms with van der Waals surface area (Å²) in [4.78, 5) is 11.8. The van der Waals surface area contributed by atoms with E-state index in [4.69, 9.17) is 4.74 Å². The summed E-state index contributed by atoms with van der Waals surface area (Å²) in [5.41, 5.74) is 0.177. The van der Waals surface area contributed by atoms with E-state index in [1.54, 1.807) is 12.1 Å². The number of aliphatic hydroxyl groups excluding tert-OH is 1. The molecule has 19 heavy (non-hydrogen) atoms. The van der Waals surface area contributed by atoms with Crippen LogP contribution >= 0.6 is 0 Å². The Kier molecular flexibility index (Phi) is 4.84. The van der Waals surface area contributed by atoms with Gasteiger partial charge in [-0.25, -0.2) is 4.39 Å². The molecule has 3 N–H and O–H groups in total. The molecule has 2 rings (SSSR count). The topological polar surface area (TPSA) is 70.6 Å². The summed E-state index contributed by atoms with van der Waals surface area (Å²) in [5.74, 6) is -0.738. The minimum Gasteiger partial charge on any atom is -0.386 e. The fourth-order valence-corrected chi connectivity index (χ4v) is 1.91. The molecule has 2 atom stereocenters. The predicted molar refractivity (Wildman–Crippen MR) is 67.0 cm³/mol. The molecule has 1 aromatic carbocycles. The molecule has 0 saturated carbocycles. The van der Waals surface area contributed by atoms with E-state index in [-0.39, 0.29) is 18.0 Å². The number of morpholine rings is 1. The molecule has 0 bridgehead atoms. The first-order valence-corrected chi connectivity index (χ1v) is 6.20. The van der Waals surface area contributed by atoms with Gasteiger partial charge in [0.25, 0.3) is 0 Å². The molecule has 0 radical (unpaired) electrons. The Labute approximate surface area is 110 Å². The van der Waals surface area contributed by atoms with Gasteiger partial charge in [-0.2, -0.15) is 0 Å². The summed E-state index contributed by atoms with van der Waals surface area (Å²) < 4.78 is 18.6. The highest BCUT2D eigenvalue weighted by Gasteiger charge is 2.22. The second-order valence-corrected chi connectivity index (χ2v) is 4.36. The van der Waals surface area contributed by atoms with Gasteiger partial charge < -0.3 is 20.5 Å². The van der Waals surface area contributed by atoms with Gasteiger partial charge in [0.2, 0.25) is 5.91 Å². The zero-order valence-electron chi connectivity index (χ0n) is 10.4. The van der Waals surface area contributed by atoms with Crippen LogP contribution in [-0.4, -0.2) is 43.4 Å². The van der Waals surface area contributed by atoms with E-state index in [9.17, 15) is 14.3 Å². The van der Waals surface area contributed by atoms with Crippen molar-refractivity contribution < 1.29 is 19.0 Å². The van der Waals surface area contributed by atoms with Gasteiger partial charge in [-0.1, -0.05) is 18.2 Å². The van der Waals surface area contributed by atoms with E-state index in [0.717, 1.165) is 0 Å². The monoisotopic (exact) mass is 268 g/mol. The van der Waals surface area contributed by atoms with Crippen LogP contribution in [0.2, 0.25) is 0 Å². The third-order valence-electron chi connectivity index (χ3n) is 2.97. The lowest BCUT2D eigenvalue weighted by molar-refractivity contribution is -0.126. The standard InChI is InChI=1S/C13H17FN2O3/c14-10-4-2-1-3-9(10)12(17)7-16-13(18)11-8-19-6-5-15-11/h1-4,11-12,15,17H,5-8H2,(H,16,18)/t11-,12-/m0/s1. The summed E-state index contributed by atoms with van der Waals surface area (Å²) >= 11 is 0. The number of nitrogens with one attached hydrogen (secondary N) is 2. The average molecular weight is 268 g/mol. The molecule has 104 valence electrons. The van der Waals surface area contributed by atoms with E-state index in [1.165, 1.54) is 12.1 Å². The Balaban J connectivity index is 1.84. The molecule has 1 aromatic rings. The maximum atomic E-state index is 13.4. The third-order valence-corrected chi connectivity index (χ3v) is 2.97. The number of hydrogen-bond acceptors (Lipinski definition) is 4. The zero-order chi connectivity index (χ0) is 13.7. The Morgan fingerprint density at radius 3 is 3.05 bits per heavy atom. The van der Waals surface area contributed by atoms with Crippen molar-refractivity contribution in [3.8, 4) is 0 Å². The van der Waals surface area contributed by atoms with Crippen LogP contribution in [-0.2, 0) is 9.53 Å². The quantitative estimate of drug-likeness (QED) is 0.717. The largest absolute Gasteiger partial charge is 0.386 e. The summed E-state index contributed by atoms with van der Waals surface area (Å²) in [7, 11) is 0. The van der Waals surface area contributed by atoms with Crippen molar-refractivity contribution in [2.24, 2.45) is 0 Å². The summed E-state index contributed by atoms with van der Waals surface area (Å²) in [6.45, 7) is 1.48. The Hall–Kier alpha value is -1.50. The minimum absolute atomic E-state index is 0.0298. The van der Waals surface area contributed by atoms with E-state index < -0.39 is 18.0 Å². The molecule has 5 nitrogen and oxygen atoms in total. The van der Waals surface area contributed by atoms with Gasteiger partial charge in [0.1, 0.15) is 11.9 Å². The number of halogens is 1. The fourth-order valence-electron chi connectivity index (χ4n) is 1.91. The maximum Gasteiger partial charge on any atom is 0.239 e. The van der Waals surface area contributed by atoms with Crippen LogP contribution in [0.3, 0.4) is 0 Å². The second-order valence-electron chi connectivity index (χ2n) is 4.36. The number of aliphatic hydroxyl groups is 1. The van der Waals surface area contributed by atoms with Crippen LogP contribution in [0.4, 0.5) is 4.39 Å². The number of hydrogen-bond donors (Lipinski definition) is 3. The summed E-state index contributed by atoms with van der Waals surface area (Å²) in [6.07, 6.45) is -1.06. The Morgan fingerprint density at radius 2 is 2.37 bits per heavy atom. The highest BCUT2D eigenvalue weighted by atomic mass is 19.1. The minimum atomic E-state index is -1.06. The molecule has 1 fully saturated rings. The van der Waals surface area contributed by atoms with E-state index in [2.05, 4.69) is 10.6 Å². The van der Waals surface area contributed by atoms with Crippen molar-refractivity contribution >= 4 is 5.91 Å². The number of carbonyl (C=O) groups excluding carboxylic acids is 1. The van der Waals surface area contributed by atoms with Crippen LogP contribution in [0.5, 0.6) is 0 Å². The van der Waals surface area contributed by atoms with Crippen molar-refractivity contribution in [1.82, 2.24) is 10.6 Å². The molecule has 1 aliphatic heterocycles. The van der Waals surface area contributed by atoms with Crippen molar-refractivity contribution in [1.29, 1.82) is 0 Å². The maximum absolute atomic E-state index is 13.4. The normalized spacial score (nSPS) is 20.8. The molecule has 1 aliphatic rings. The SMILES string of the molecule is O=C(NC[C@H](O)c1ccccc1F)[C@@H]1COCCN1. The van der Waals surface area contributed by atoms with Gasteiger partial charge in [-0.05, 0) is 6.07 Å². The summed E-state index contributed by atoms with van der Waals surface area (Å²) in [5, 5.41) is 15.4. The van der Waals surface area contributed by atoms with Crippen molar-refractivity contribution in [2.45, 2.75) is 12.1 Å². The number of benzene rings is 1. The first-order valence-electron chi connectivity index (χ1n) is 6.20. The van der Waals surface area contributed by atoms with Gasteiger partial charge in [0.05, 0.1) is 19.3 Å². The second kappa shape index (κ2) is 6.60. The highest BCUT2D eigenvalue weighted by Crippen LogP contribution is 2.15. The summed E-state index contributed by atoms with van der Waals surface area (Å²) in [6, 6.07) is 5.54. The molecule has 0 spiro atoms.